The first-order valence-electron chi connectivity index (χ1n) is 7.32. The van der Waals surface area contributed by atoms with Gasteiger partial charge >= 0.3 is 0 Å². The molecular weight excluding hydrogens is 262 g/mol. The number of nitrogens with zero attached hydrogens (tertiary/aromatic N) is 2. The highest BCUT2D eigenvalue weighted by molar-refractivity contribution is 7.86. The van der Waals surface area contributed by atoms with E-state index in [0.717, 1.165) is 25.8 Å². The van der Waals surface area contributed by atoms with E-state index in [9.17, 15) is 8.42 Å². The maximum atomic E-state index is 12.4. The Morgan fingerprint density at radius 3 is 2.68 bits per heavy atom. The van der Waals surface area contributed by atoms with Crippen LogP contribution in [0.4, 0.5) is 0 Å². The molecule has 0 spiro atoms. The molecule has 1 heterocycles. The highest BCUT2D eigenvalue weighted by atomic mass is 32.2. The summed E-state index contributed by atoms with van der Waals surface area (Å²) in [5, 5.41) is 3.41. The predicted octanol–water partition coefficient (Wildman–Crippen LogP) is 1.28. The third-order valence-corrected chi connectivity index (χ3v) is 5.51. The fraction of sp³-hybridized carbons (Fsp3) is 1.00. The van der Waals surface area contributed by atoms with Crippen molar-refractivity contribution in [3.05, 3.63) is 0 Å². The molecule has 19 heavy (non-hydrogen) atoms. The lowest BCUT2D eigenvalue weighted by atomic mass is 9.99. The molecule has 0 aromatic rings. The van der Waals surface area contributed by atoms with E-state index in [1.165, 1.54) is 4.31 Å². The van der Waals surface area contributed by atoms with Crippen LogP contribution in [0.3, 0.4) is 0 Å². The van der Waals surface area contributed by atoms with E-state index in [0.29, 0.717) is 31.6 Å². The van der Waals surface area contributed by atoms with Gasteiger partial charge in [0.15, 0.2) is 0 Å². The van der Waals surface area contributed by atoms with Crippen LogP contribution in [0.25, 0.3) is 0 Å². The van der Waals surface area contributed by atoms with Crippen LogP contribution in [0, 0.1) is 5.92 Å². The SMILES string of the molecule is CCCN(C)S(=O)(=O)N1CCCC(CNC(C)C)C1. The van der Waals surface area contributed by atoms with Gasteiger partial charge in [0.25, 0.3) is 10.2 Å². The van der Waals surface area contributed by atoms with Gasteiger partial charge in [0.1, 0.15) is 0 Å². The van der Waals surface area contributed by atoms with Crippen molar-refractivity contribution in [2.45, 2.75) is 46.1 Å². The zero-order valence-electron chi connectivity index (χ0n) is 12.7. The van der Waals surface area contributed by atoms with Crippen molar-refractivity contribution in [3.63, 3.8) is 0 Å². The van der Waals surface area contributed by atoms with Crippen LogP contribution >= 0.6 is 0 Å². The molecule has 1 N–H and O–H groups in total. The molecule has 1 saturated heterocycles. The van der Waals surface area contributed by atoms with E-state index in [-0.39, 0.29) is 0 Å². The maximum absolute atomic E-state index is 12.4. The average Bonchev–Trinajstić information content (AvgIpc) is 2.37. The van der Waals surface area contributed by atoms with E-state index in [1.807, 2.05) is 6.92 Å². The second kappa shape index (κ2) is 7.57. The van der Waals surface area contributed by atoms with Crippen molar-refractivity contribution in [2.75, 3.05) is 33.2 Å². The van der Waals surface area contributed by atoms with Gasteiger partial charge in [-0.3, -0.25) is 0 Å². The molecule has 0 bridgehead atoms. The minimum atomic E-state index is -3.26. The summed E-state index contributed by atoms with van der Waals surface area (Å²) in [5.41, 5.74) is 0. The predicted molar refractivity (Wildman–Crippen MR) is 79.3 cm³/mol. The summed E-state index contributed by atoms with van der Waals surface area (Å²) in [7, 11) is -1.58. The molecular formula is C13H29N3O2S. The van der Waals surface area contributed by atoms with E-state index >= 15 is 0 Å². The van der Waals surface area contributed by atoms with Crippen LogP contribution in [0.15, 0.2) is 0 Å². The Morgan fingerprint density at radius 1 is 1.42 bits per heavy atom. The zero-order valence-corrected chi connectivity index (χ0v) is 13.5. The Hall–Kier alpha value is -0.170. The van der Waals surface area contributed by atoms with Gasteiger partial charge in [-0.15, -0.1) is 0 Å². The summed E-state index contributed by atoms with van der Waals surface area (Å²) >= 11 is 0. The fourth-order valence-electron chi connectivity index (χ4n) is 2.43. The van der Waals surface area contributed by atoms with E-state index in [4.69, 9.17) is 0 Å². The van der Waals surface area contributed by atoms with Crippen molar-refractivity contribution in [2.24, 2.45) is 5.92 Å². The van der Waals surface area contributed by atoms with Gasteiger partial charge < -0.3 is 5.32 Å². The van der Waals surface area contributed by atoms with Crippen LogP contribution in [0.2, 0.25) is 0 Å². The minimum absolute atomic E-state index is 0.431. The summed E-state index contributed by atoms with van der Waals surface area (Å²) in [5.74, 6) is 0.431. The summed E-state index contributed by atoms with van der Waals surface area (Å²) in [6.07, 6.45) is 2.93. The first-order valence-corrected chi connectivity index (χ1v) is 8.72. The van der Waals surface area contributed by atoms with Crippen molar-refractivity contribution < 1.29 is 8.42 Å². The molecule has 1 rings (SSSR count). The molecule has 1 atom stereocenters. The molecule has 1 fully saturated rings. The Bertz CT molecular complexity index is 357. The van der Waals surface area contributed by atoms with Crippen LogP contribution in [-0.4, -0.2) is 56.3 Å². The van der Waals surface area contributed by atoms with Crippen LogP contribution in [0.1, 0.15) is 40.0 Å². The highest BCUT2D eigenvalue weighted by Crippen LogP contribution is 2.20. The average molecular weight is 291 g/mol. The number of nitrogens with one attached hydrogen (secondary N) is 1. The topological polar surface area (TPSA) is 52.7 Å². The molecule has 1 aliphatic heterocycles. The quantitative estimate of drug-likeness (QED) is 0.769. The molecule has 5 nitrogen and oxygen atoms in total. The lowest BCUT2D eigenvalue weighted by Gasteiger charge is -2.34. The molecule has 0 saturated carbocycles. The van der Waals surface area contributed by atoms with Gasteiger partial charge in [-0.05, 0) is 31.7 Å². The molecule has 0 amide bonds. The van der Waals surface area contributed by atoms with Gasteiger partial charge in [0.2, 0.25) is 0 Å². The fourth-order valence-corrected chi connectivity index (χ4v) is 4.00. The van der Waals surface area contributed by atoms with Crippen molar-refractivity contribution in [3.8, 4) is 0 Å². The van der Waals surface area contributed by atoms with E-state index in [2.05, 4.69) is 19.2 Å². The molecule has 114 valence electrons. The van der Waals surface area contributed by atoms with Gasteiger partial charge in [-0.1, -0.05) is 20.8 Å². The number of piperidine rings is 1. The molecule has 1 aliphatic rings. The largest absolute Gasteiger partial charge is 0.314 e. The van der Waals surface area contributed by atoms with Gasteiger partial charge in [-0.25, -0.2) is 0 Å². The van der Waals surface area contributed by atoms with Crippen LogP contribution in [-0.2, 0) is 10.2 Å². The Balaban J connectivity index is 2.58. The minimum Gasteiger partial charge on any atom is -0.314 e. The zero-order chi connectivity index (χ0) is 14.5. The Morgan fingerprint density at radius 2 is 2.11 bits per heavy atom. The first-order chi connectivity index (χ1) is 8.87. The van der Waals surface area contributed by atoms with Crippen molar-refractivity contribution >= 4 is 10.2 Å². The third-order valence-electron chi connectivity index (χ3n) is 3.56. The molecule has 0 radical (unpaired) electrons. The maximum Gasteiger partial charge on any atom is 0.281 e. The second-order valence-electron chi connectivity index (χ2n) is 5.76. The van der Waals surface area contributed by atoms with Crippen LogP contribution in [0.5, 0.6) is 0 Å². The highest BCUT2D eigenvalue weighted by Gasteiger charge is 2.31. The van der Waals surface area contributed by atoms with Crippen molar-refractivity contribution in [1.82, 2.24) is 13.9 Å². The standard InChI is InChI=1S/C13H29N3O2S/c1-5-8-15(4)19(17,18)16-9-6-7-13(11-16)10-14-12(2)3/h12-14H,5-11H2,1-4H3. The summed E-state index contributed by atoms with van der Waals surface area (Å²) < 4.78 is 27.9. The summed E-state index contributed by atoms with van der Waals surface area (Å²) in [6.45, 7) is 9.04. The first kappa shape index (κ1) is 16.9. The molecule has 6 heteroatoms. The number of hydrogen-bond donors (Lipinski definition) is 1. The van der Waals surface area contributed by atoms with E-state index in [1.54, 1.807) is 11.4 Å². The number of rotatable bonds is 7. The molecule has 0 aromatic carbocycles. The normalized spacial score (nSPS) is 22.3. The van der Waals surface area contributed by atoms with Crippen LogP contribution < -0.4 is 5.32 Å². The lowest BCUT2D eigenvalue weighted by molar-refractivity contribution is 0.243. The van der Waals surface area contributed by atoms with Gasteiger partial charge in [0.05, 0.1) is 0 Å². The van der Waals surface area contributed by atoms with Gasteiger partial charge in [0, 0.05) is 32.7 Å². The lowest BCUT2D eigenvalue weighted by Crippen LogP contribution is -2.48. The van der Waals surface area contributed by atoms with Gasteiger partial charge in [-0.2, -0.15) is 17.0 Å². The monoisotopic (exact) mass is 291 g/mol. The third kappa shape index (κ3) is 5.02. The second-order valence-corrected chi connectivity index (χ2v) is 7.79. The summed E-state index contributed by atoms with van der Waals surface area (Å²) in [6, 6.07) is 0.453. The Labute approximate surface area is 118 Å². The molecule has 0 aliphatic carbocycles. The number of hydrogen-bond acceptors (Lipinski definition) is 3. The molecule has 0 aromatic heterocycles. The molecule has 1 unspecified atom stereocenters. The van der Waals surface area contributed by atoms with Crippen molar-refractivity contribution in [1.29, 1.82) is 0 Å². The van der Waals surface area contributed by atoms with E-state index < -0.39 is 10.2 Å². The smallest absolute Gasteiger partial charge is 0.281 e. The summed E-state index contributed by atoms with van der Waals surface area (Å²) in [4.78, 5) is 0. The Kier molecular flexibility index (Phi) is 6.73.